The number of benzene rings is 1. The zero-order chi connectivity index (χ0) is 19.4. The molecule has 1 atom stereocenters. The van der Waals surface area contributed by atoms with E-state index in [9.17, 15) is 9.59 Å². The van der Waals surface area contributed by atoms with E-state index in [0.717, 1.165) is 37.9 Å². The number of pyridine rings is 1. The van der Waals surface area contributed by atoms with Crippen LogP contribution in [0.2, 0.25) is 0 Å². The van der Waals surface area contributed by atoms with Crippen LogP contribution in [0.5, 0.6) is 0 Å². The second-order valence-electron chi connectivity index (χ2n) is 7.66. The maximum atomic E-state index is 13.6. The molecule has 1 unspecified atom stereocenters. The van der Waals surface area contributed by atoms with Crippen LogP contribution < -0.4 is 10.6 Å². The predicted molar refractivity (Wildman–Crippen MR) is 121 cm³/mol. The molecule has 1 aromatic heterocycles. The molecule has 0 spiro atoms. The van der Waals surface area contributed by atoms with Crippen LogP contribution in [0.1, 0.15) is 30.4 Å². The molecule has 162 valence electrons. The Morgan fingerprint density at radius 2 is 1.63 bits per heavy atom. The topological polar surface area (TPSA) is 74.3 Å². The van der Waals surface area contributed by atoms with Gasteiger partial charge in [-0.25, -0.2) is 4.79 Å². The summed E-state index contributed by atoms with van der Waals surface area (Å²) < 4.78 is 0. The van der Waals surface area contributed by atoms with Gasteiger partial charge < -0.3 is 10.6 Å². The minimum absolute atomic E-state index is 0. The molecule has 8 heteroatoms. The molecule has 2 aliphatic rings. The first-order chi connectivity index (χ1) is 13.7. The molecule has 0 aliphatic carbocycles. The van der Waals surface area contributed by atoms with E-state index in [2.05, 4.69) is 27.8 Å². The summed E-state index contributed by atoms with van der Waals surface area (Å²) in [5.41, 5.74) is 1.27. The van der Waals surface area contributed by atoms with Gasteiger partial charge in [-0.2, -0.15) is 0 Å². The van der Waals surface area contributed by atoms with Crippen molar-refractivity contribution in [3.8, 4) is 0 Å². The molecule has 0 bridgehead atoms. The van der Waals surface area contributed by atoms with E-state index in [-0.39, 0.29) is 49.2 Å². The lowest BCUT2D eigenvalue weighted by Gasteiger charge is -2.38. The number of hydrogen-bond acceptors (Lipinski definition) is 4. The van der Waals surface area contributed by atoms with Crippen molar-refractivity contribution in [1.82, 2.24) is 20.5 Å². The van der Waals surface area contributed by atoms with Gasteiger partial charge in [0.1, 0.15) is 5.54 Å². The monoisotopic (exact) mass is 450 g/mol. The summed E-state index contributed by atoms with van der Waals surface area (Å²) in [6.45, 7) is 2.04. The van der Waals surface area contributed by atoms with E-state index in [4.69, 9.17) is 0 Å². The normalized spacial score (nSPS) is 21.5. The smallest absolute Gasteiger partial charge is 0.323 e. The zero-order valence-corrected chi connectivity index (χ0v) is 18.4. The lowest BCUT2D eigenvalue weighted by molar-refractivity contribution is -0.134. The number of amides is 3. The largest absolute Gasteiger partial charge is 0.325 e. The lowest BCUT2D eigenvalue weighted by atomic mass is 9.74. The maximum absolute atomic E-state index is 13.6. The Labute approximate surface area is 189 Å². The molecule has 2 saturated heterocycles. The first-order valence-corrected chi connectivity index (χ1v) is 9.97. The summed E-state index contributed by atoms with van der Waals surface area (Å²) in [6, 6.07) is 13.6. The third-order valence-corrected chi connectivity index (χ3v) is 5.98. The SMILES string of the molecule is Cl.Cl.O=C1NC(CCc2ccccc2)(C2CCNCC2)C(=O)N1Cc1ccncc1. The molecule has 2 N–H and O–H groups in total. The summed E-state index contributed by atoms with van der Waals surface area (Å²) in [5.74, 6) is 0.0634. The third-order valence-electron chi connectivity index (χ3n) is 5.98. The van der Waals surface area contributed by atoms with E-state index in [1.807, 2.05) is 30.3 Å². The molecule has 6 nitrogen and oxygen atoms in total. The van der Waals surface area contributed by atoms with Crippen LogP contribution in [0.4, 0.5) is 4.79 Å². The minimum atomic E-state index is -0.817. The summed E-state index contributed by atoms with van der Waals surface area (Å²) in [6.07, 6.45) is 6.54. The van der Waals surface area contributed by atoms with Crippen LogP contribution in [-0.2, 0) is 17.8 Å². The summed E-state index contributed by atoms with van der Waals surface area (Å²) in [4.78, 5) is 31.8. The van der Waals surface area contributed by atoms with Crippen molar-refractivity contribution in [2.24, 2.45) is 5.92 Å². The Kier molecular flexibility index (Phi) is 8.65. The zero-order valence-electron chi connectivity index (χ0n) is 16.8. The molecule has 30 heavy (non-hydrogen) atoms. The molecule has 0 radical (unpaired) electrons. The molecule has 2 aliphatic heterocycles. The van der Waals surface area contributed by atoms with Gasteiger partial charge in [-0.1, -0.05) is 30.3 Å². The van der Waals surface area contributed by atoms with Crippen LogP contribution >= 0.6 is 24.8 Å². The van der Waals surface area contributed by atoms with Gasteiger partial charge in [0.05, 0.1) is 6.54 Å². The first kappa shape index (κ1) is 24.1. The number of piperidine rings is 1. The van der Waals surface area contributed by atoms with E-state index < -0.39 is 5.54 Å². The van der Waals surface area contributed by atoms with Gasteiger partial charge in [0.15, 0.2) is 0 Å². The molecule has 2 aromatic rings. The number of imide groups is 1. The van der Waals surface area contributed by atoms with Gasteiger partial charge in [0.25, 0.3) is 5.91 Å². The van der Waals surface area contributed by atoms with Gasteiger partial charge in [0, 0.05) is 12.4 Å². The number of aryl methyl sites for hydroxylation is 1. The van der Waals surface area contributed by atoms with Crippen LogP contribution in [0.25, 0.3) is 0 Å². The second kappa shape index (κ2) is 10.8. The number of urea groups is 1. The highest BCUT2D eigenvalue weighted by molar-refractivity contribution is 6.07. The lowest BCUT2D eigenvalue weighted by Crippen LogP contribution is -2.56. The highest BCUT2D eigenvalue weighted by Gasteiger charge is 2.55. The molecule has 3 heterocycles. The Morgan fingerprint density at radius 1 is 0.967 bits per heavy atom. The van der Waals surface area contributed by atoms with Gasteiger partial charge in [-0.05, 0) is 68.0 Å². The summed E-state index contributed by atoms with van der Waals surface area (Å²) in [7, 11) is 0. The molecular weight excluding hydrogens is 423 g/mol. The van der Waals surface area contributed by atoms with Gasteiger partial charge in [-0.3, -0.25) is 14.7 Å². The van der Waals surface area contributed by atoms with Crippen molar-refractivity contribution in [1.29, 1.82) is 0 Å². The fourth-order valence-corrected chi connectivity index (χ4v) is 4.41. The van der Waals surface area contributed by atoms with E-state index >= 15 is 0 Å². The third kappa shape index (κ3) is 4.94. The Hall–Kier alpha value is -2.15. The number of carbonyl (C=O) groups excluding carboxylic acids is 2. The number of halogens is 2. The Balaban J connectivity index is 0.00000160. The van der Waals surface area contributed by atoms with E-state index in [1.165, 1.54) is 10.5 Å². The molecular formula is C22H28Cl2N4O2. The van der Waals surface area contributed by atoms with Crippen molar-refractivity contribution < 1.29 is 9.59 Å². The Morgan fingerprint density at radius 3 is 2.30 bits per heavy atom. The Bertz CT molecular complexity index is 832. The number of nitrogens with one attached hydrogen (secondary N) is 2. The number of aromatic nitrogens is 1. The number of nitrogens with zero attached hydrogens (tertiary/aromatic N) is 2. The summed E-state index contributed by atoms with van der Waals surface area (Å²) >= 11 is 0. The average Bonchev–Trinajstić information content (AvgIpc) is 2.99. The van der Waals surface area contributed by atoms with Crippen LogP contribution in [0, 0.1) is 5.92 Å². The maximum Gasteiger partial charge on any atom is 0.325 e. The van der Waals surface area contributed by atoms with Crippen LogP contribution in [0.3, 0.4) is 0 Å². The van der Waals surface area contributed by atoms with Gasteiger partial charge in [-0.15, -0.1) is 24.8 Å². The highest BCUT2D eigenvalue weighted by atomic mass is 35.5. The van der Waals surface area contributed by atoms with Crippen molar-refractivity contribution in [2.45, 2.75) is 37.8 Å². The second-order valence-corrected chi connectivity index (χ2v) is 7.66. The fraction of sp³-hybridized carbons (Fsp3) is 0.409. The van der Waals surface area contributed by atoms with E-state index in [1.54, 1.807) is 12.4 Å². The average molecular weight is 451 g/mol. The van der Waals surface area contributed by atoms with Crippen molar-refractivity contribution in [3.05, 3.63) is 66.0 Å². The first-order valence-electron chi connectivity index (χ1n) is 9.97. The van der Waals surface area contributed by atoms with Crippen molar-refractivity contribution >= 4 is 36.8 Å². The molecule has 4 rings (SSSR count). The van der Waals surface area contributed by atoms with Crippen LogP contribution in [-0.4, -0.2) is 40.5 Å². The standard InChI is InChI=1S/C22H26N4O2.2ClH/c27-20-22(19-9-14-24-15-10-19,11-6-17-4-2-1-3-5-17)25-21(28)26(20)16-18-7-12-23-13-8-18;;/h1-5,7-8,12-13,19,24H,6,9-11,14-16H2,(H,25,28);2*1H. The fourth-order valence-electron chi connectivity index (χ4n) is 4.41. The minimum Gasteiger partial charge on any atom is -0.323 e. The van der Waals surface area contributed by atoms with E-state index in [0.29, 0.717) is 6.42 Å². The summed E-state index contributed by atoms with van der Waals surface area (Å²) in [5, 5.41) is 6.48. The number of hydrogen-bond donors (Lipinski definition) is 2. The van der Waals surface area contributed by atoms with Gasteiger partial charge >= 0.3 is 6.03 Å². The number of carbonyl (C=O) groups is 2. The van der Waals surface area contributed by atoms with Crippen LogP contribution in [0.15, 0.2) is 54.9 Å². The molecule has 0 saturated carbocycles. The molecule has 2 fully saturated rings. The molecule has 1 aromatic carbocycles. The predicted octanol–water partition coefficient (Wildman–Crippen LogP) is 3.35. The van der Waals surface area contributed by atoms with Crippen molar-refractivity contribution in [3.63, 3.8) is 0 Å². The quantitative estimate of drug-likeness (QED) is 0.661. The molecule has 3 amide bonds. The van der Waals surface area contributed by atoms with Crippen molar-refractivity contribution in [2.75, 3.05) is 13.1 Å². The highest BCUT2D eigenvalue weighted by Crippen LogP contribution is 2.36. The number of rotatable bonds is 6. The van der Waals surface area contributed by atoms with Gasteiger partial charge in [0.2, 0.25) is 0 Å².